The van der Waals surface area contributed by atoms with Crippen LogP contribution in [0.3, 0.4) is 0 Å². The summed E-state index contributed by atoms with van der Waals surface area (Å²) in [6, 6.07) is 2.98. The highest BCUT2D eigenvalue weighted by atomic mass is 32.1. The molecule has 27 heavy (non-hydrogen) atoms. The number of carbonyl (C=O) groups excluding carboxylic acids is 2. The summed E-state index contributed by atoms with van der Waals surface area (Å²) >= 11 is 2.41. The third-order valence-corrected chi connectivity index (χ3v) is 6.29. The molecule has 2 aromatic rings. The first-order valence-electron chi connectivity index (χ1n) is 8.54. The fourth-order valence-electron chi connectivity index (χ4n) is 2.91. The van der Waals surface area contributed by atoms with E-state index in [2.05, 4.69) is 5.32 Å². The van der Waals surface area contributed by atoms with Gasteiger partial charge in [-0.15, -0.1) is 11.3 Å². The lowest BCUT2D eigenvalue weighted by Gasteiger charge is -2.12. The molecule has 3 rings (SSSR count). The van der Waals surface area contributed by atoms with Crippen molar-refractivity contribution in [2.75, 3.05) is 11.9 Å². The summed E-state index contributed by atoms with van der Waals surface area (Å²) in [5.41, 5.74) is 1.45. The minimum absolute atomic E-state index is 0.0191. The Morgan fingerprint density at radius 3 is 2.78 bits per heavy atom. The van der Waals surface area contributed by atoms with E-state index in [1.165, 1.54) is 29.6 Å². The van der Waals surface area contributed by atoms with E-state index in [4.69, 9.17) is 4.74 Å². The monoisotopic (exact) mass is 406 g/mol. The molecule has 0 spiro atoms. The molecule has 7 nitrogen and oxygen atoms in total. The van der Waals surface area contributed by atoms with E-state index in [0.717, 1.165) is 47.5 Å². The molecule has 2 aromatic heterocycles. The molecule has 0 atom stereocenters. The number of hydrogen-bond donors (Lipinski definition) is 1. The van der Waals surface area contributed by atoms with Gasteiger partial charge in [0.25, 0.3) is 0 Å². The summed E-state index contributed by atoms with van der Waals surface area (Å²) in [6.45, 7) is 2.02. The summed E-state index contributed by atoms with van der Waals surface area (Å²) in [4.78, 5) is 36.7. The van der Waals surface area contributed by atoms with Crippen molar-refractivity contribution < 1.29 is 19.2 Å². The third kappa shape index (κ3) is 4.42. The normalized spacial score (nSPS) is 13.4. The van der Waals surface area contributed by atoms with Gasteiger partial charge in [0.1, 0.15) is 5.00 Å². The molecule has 1 amide bonds. The SMILES string of the molecule is CCOC(=O)c1c(NC(=O)/C=C/c2ccc([N+](=O)[O-])s2)sc2c1CCCC2. The molecule has 0 unspecified atom stereocenters. The Balaban J connectivity index is 1.78. The van der Waals surface area contributed by atoms with E-state index >= 15 is 0 Å². The van der Waals surface area contributed by atoms with Crippen LogP contribution < -0.4 is 5.32 Å². The number of hydrogen-bond acceptors (Lipinski definition) is 7. The second-order valence-corrected chi connectivity index (χ2v) is 8.09. The average Bonchev–Trinajstić information content (AvgIpc) is 3.24. The number of nitrogens with one attached hydrogen (secondary N) is 1. The quantitative estimate of drug-likeness (QED) is 0.331. The van der Waals surface area contributed by atoms with Gasteiger partial charge in [-0.05, 0) is 50.3 Å². The van der Waals surface area contributed by atoms with Crippen molar-refractivity contribution in [3.63, 3.8) is 0 Å². The van der Waals surface area contributed by atoms with E-state index in [9.17, 15) is 19.7 Å². The minimum atomic E-state index is -0.468. The Morgan fingerprint density at radius 1 is 1.30 bits per heavy atom. The average molecular weight is 406 g/mol. The van der Waals surface area contributed by atoms with Crippen molar-refractivity contribution in [3.8, 4) is 0 Å². The topological polar surface area (TPSA) is 98.5 Å². The van der Waals surface area contributed by atoms with E-state index in [-0.39, 0.29) is 11.6 Å². The number of esters is 1. The molecule has 1 aliphatic rings. The maximum Gasteiger partial charge on any atom is 0.341 e. The molecule has 142 valence electrons. The molecule has 0 aromatic carbocycles. The van der Waals surface area contributed by atoms with Crippen LogP contribution in [0, 0.1) is 10.1 Å². The zero-order chi connectivity index (χ0) is 19.4. The molecule has 1 aliphatic carbocycles. The standard InChI is InChI=1S/C18H18N2O5S2/c1-2-25-18(22)16-12-5-3-4-6-13(12)27-17(16)19-14(21)9-7-11-8-10-15(26-11)20(23)24/h7-10H,2-6H2,1H3,(H,19,21)/b9-7+. The maximum atomic E-state index is 12.4. The first-order valence-corrected chi connectivity index (χ1v) is 10.2. The van der Waals surface area contributed by atoms with Crippen molar-refractivity contribution >= 4 is 50.6 Å². The van der Waals surface area contributed by atoms with Gasteiger partial charge >= 0.3 is 11.0 Å². The van der Waals surface area contributed by atoms with Crippen LogP contribution in [0.4, 0.5) is 10.0 Å². The number of anilines is 1. The first kappa shape index (κ1) is 19.2. The zero-order valence-corrected chi connectivity index (χ0v) is 16.3. The van der Waals surface area contributed by atoms with Crippen molar-refractivity contribution in [1.29, 1.82) is 0 Å². The van der Waals surface area contributed by atoms with Crippen LogP contribution in [0.2, 0.25) is 0 Å². The van der Waals surface area contributed by atoms with Crippen molar-refractivity contribution in [2.45, 2.75) is 32.6 Å². The van der Waals surface area contributed by atoms with Crippen molar-refractivity contribution in [1.82, 2.24) is 0 Å². The third-order valence-electron chi connectivity index (χ3n) is 4.08. The second kappa shape index (κ2) is 8.45. The van der Waals surface area contributed by atoms with Crippen molar-refractivity contribution in [2.24, 2.45) is 0 Å². The lowest BCUT2D eigenvalue weighted by molar-refractivity contribution is -0.380. The first-order chi connectivity index (χ1) is 13.0. The Bertz CT molecular complexity index is 913. The van der Waals surface area contributed by atoms with Crippen LogP contribution in [-0.4, -0.2) is 23.4 Å². The second-order valence-electron chi connectivity index (χ2n) is 5.89. The molecule has 0 fully saturated rings. The lowest BCUT2D eigenvalue weighted by atomic mass is 9.95. The van der Waals surface area contributed by atoms with Gasteiger partial charge in [-0.25, -0.2) is 4.79 Å². The summed E-state index contributed by atoms with van der Waals surface area (Å²) in [5.74, 6) is -0.805. The van der Waals surface area contributed by atoms with Gasteiger partial charge in [0.05, 0.1) is 17.1 Å². The highest BCUT2D eigenvalue weighted by Crippen LogP contribution is 2.38. The highest BCUT2D eigenvalue weighted by Gasteiger charge is 2.26. The van der Waals surface area contributed by atoms with E-state index in [0.29, 0.717) is 15.4 Å². The van der Waals surface area contributed by atoms with Gasteiger partial charge in [0, 0.05) is 21.9 Å². The molecular formula is C18H18N2O5S2. The van der Waals surface area contributed by atoms with Crippen LogP contribution in [0.25, 0.3) is 6.08 Å². The molecule has 0 saturated carbocycles. The summed E-state index contributed by atoms with van der Waals surface area (Å²) < 4.78 is 5.17. The van der Waals surface area contributed by atoms with Gasteiger partial charge < -0.3 is 10.1 Å². The van der Waals surface area contributed by atoms with Crippen LogP contribution >= 0.6 is 22.7 Å². The number of thiophene rings is 2. The van der Waals surface area contributed by atoms with Crippen molar-refractivity contribution in [3.05, 3.63) is 49.2 Å². The van der Waals surface area contributed by atoms with Crippen LogP contribution in [-0.2, 0) is 22.4 Å². The van der Waals surface area contributed by atoms with Gasteiger partial charge in [-0.3, -0.25) is 14.9 Å². The predicted molar refractivity (Wildman–Crippen MR) is 106 cm³/mol. The molecule has 2 heterocycles. The van der Waals surface area contributed by atoms with E-state index in [1.54, 1.807) is 13.0 Å². The minimum Gasteiger partial charge on any atom is -0.462 e. The molecule has 1 N–H and O–H groups in total. The smallest absolute Gasteiger partial charge is 0.341 e. The fraction of sp³-hybridized carbons (Fsp3) is 0.333. The number of ether oxygens (including phenoxy) is 1. The number of carbonyl (C=O) groups is 2. The van der Waals surface area contributed by atoms with Gasteiger partial charge in [-0.2, -0.15) is 0 Å². The molecule has 9 heteroatoms. The Labute approximate surface area is 163 Å². The Kier molecular flexibility index (Phi) is 6.02. The number of nitro groups is 1. The highest BCUT2D eigenvalue weighted by molar-refractivity contribution is 7.17. The van der Waals surface area contributed by atoms with E-state index < -0.39 is 16.8 Å². The summed E-state index contributed by atoms with van der Waals surface area (Å²) in [7, 11) is 0. The lowest BCUT2D eigenvalue weighted by Crippen LogP contribution is -2.14. The number of amides is 1. The fourth-order valence-corrected chi connectivity index (χ4v) is 4.92. The van der Waals surface area contributed by atoms with Crippen LogP contribution in [0.1, 0.15) is 45.4 Å². The number of fused-ring (bicyclic) bond motifs is 1. The number of aryl methyl sites for hydroxylation is 1. The molecule has 0 aliphatic heterocycles. The van der Waals surface area contributed by atoms with Gasteiger partial charge in [0.2, 0.25) is 5.91 Å². The molecule has 0 saturated heterocycles. The van der Waals surface area contributed by atoms with Gasteiger partial charge in [-0.1, -0.05) is 11.3 Å². The predicted octanol–water partition coefficient (Wildman–Crippen LogP) is 4.43. The zero-order valence-electron chi connectivity index (χ0n) is 14.6. The largest absolute Gasteiger partial charge is 0.462 e. The van der Waals surface area contributed by atoms with Crippen LogP contribution in [0.5, 0.6) is 0 Å². The number of nitrogens with zero attached hydrogens (tertiary/aromatic N) is 1. The molecular weight excluding hydrogens is 388 g/mol. The summed E-state index contributed by atoms with van der Waals surface area (Å²) in [5, 5.41) is 14.0. The Morgan fingerprint density at radius 2 is 2.07 bits per heavy atom. The van der Waals surface area contributed by atoms with Gasteiger partial charge in [0.15, 0.2) is 0 Å². The Hall–Kier alpha value is -2.52. The molecule has 0 radical (unpaired) electrons. The number of rotatable bonds is 6. The molecule has 0 bridgehead atoms. The van der Waals surface area contributed by atoms with Crippen LogP contribution in [0.15, 0.2) is 18.2 Å². The summed E-state index contributed by atoms with van der Waals surface area (Å²) in [6.07, 6.45) is 6.62. The maximum absolute atomic E-state index is 12.4. The van der Waals surface area contributed by atoms with E-state index in [1.807, 2.05) is 0 Å².